The van der Waals surface area contributed by atoms with Crippen LogP contribution in [-0.2, 0) is 11.3 Å². The average Bonchev–Trinajstić information content (AvgIpc) is 2.50. The highest BCUT2D eigenvalue weighted by atomic mass is 16.5. The van der Waals surface area contributed by atoms with Crippen molar-refractivity contribution in [3.05, 3.63) is 40.2 Å². The zero-order chi connectivity index (χ0) is 15.7. The lowest BCUT2D eigenvalue weighted by atomic mass is 10.1. The largest absolute Gasteiger partial charge is 0.497 e. The Balaban J connectivity index is 1.97. The molecule has 2 aromatic rings. The van der Waals surface area contributed by atoms with Crippen molar-refractivity contribution in [1.82, 2.24) is 4.90 Å². The Hall–Kier alpha value is -1.85. The third-order valence-electron chi connectivity index (χ3n) is 4.15. The van der Waals surface area contributed by atoms with Crippen molar-refractivity contribution >= 4 is 11.0 Å². The van der Waals surface area contributed by atoms with E-state index in [0.29, 0.717) is 30.5 Å². The van der Waals surface area contributed by atoms with Crippen LogP contribution in [-0.4, -0.2) is 37.3 Å². The highest BCUT2D eigenvalue weighted by Crippen LogP contribution is 2.24. The van der Waals surface area contributed by atoms with Gasteiger partial charge in [-0.15, -0.1) is 0 Å². The third kappa shape index (κ3) is 3.00. The fourth-order valence-corrected chi connectivity index (χ4v) is 2.88. The SMILES string of the molecule is COc1ccc2c(CN3C[C@@H](C)OC[C@@H]3C)cc(=O)oc2c1. The molecule has 1 aliphatic heterocycles. The van der Waals surface area contributed by atoms with E-state index in [9.17, 15) is 4.79 Å². The molecule has 0 radical (unpaired) electrons. The molecule has 1 aliphatic rings. The number of nitrogens with zero attached hydrogens (tertiary/aromatic N) is 1. The van der Waals surface area contributed by atoms with Gasteiger partial charge < -0.3 is 13.9 Å². The van der Waals surface area contributed by atoms with Crippen LogP contribution in [0.25, 0.3) is 11.0 Å². The van der Waals surface area contributed by atoms with Gasteiger partial charge in [0.05, 0.1) is 19.8 Å². The topological polar surface area (TPSA) is 51.9 Å². The van der Waals surface area contributed by atoms with E-state index in [2.05, 4.69) is 18.7 Å². The zero-order valence-electron chi connectivity index (χ0n) is 13.2. The molecule has 3 rings (SSSR count). The number of methoxy groups -OCH3 is 1. The summed E-state index contributed by atoms with van der Waals surface area (Å²) < 4.78 is 16.2. The Kier molecular flexibility index (Phi) is 4.18. The van der Waals surface area contributed by atoms with E-state index >= 15 is 0 Å². The first kappa shape index (κ1) is 15.1. The Bertz CT molecular complexity index is 724. The molecule has 1 saturated heterocycles. The van der Waals surface area contributed by atoms with Crippen LogP contribution in [0.3, 0.4) is 0 Å². The van der Waals surface area contributed by atoms with E-state index in [1.165, 1.54) is 0 Å². The number of morpholine rings is 1. The molecule has 118 valence electrons. The molecular formula is C17H21NO4. The van der Waals surface area contributed by atoms with Crippen LogP contribution >= 0.6 is 0 Å². The van der Waals surface area contributed by atoms with Gasteiger partial charge in [0.25, 0.3) is 0 Å². The predicted octanol–water partition coefficient (Wildman–Crippen LogP) is 2.41. The second-order valence-corrected chi connectivity index (χ2v) is 5.88. The predicted molar refractivity (Wildman–Crippen MR) is 84.3 cm³/mol. The first-order chi connectivity index (χ1) is 10.6. The van der Waals surface area contributed by atoms with Crippen molar-refractivity contribution in [2.75, 3.05) is 20.3 Å². The summed E-state index contributed by atoms with van der Waals surface area (Å²) >= 11 is 0. The van der Waals surface area contributed by atoms with E-state index in [1.807, 2.05) is 12.1 Å². The van der Waals surface area contributed by atoms with E-state index in [4.69, 9.17) is 13.9 Å². The van der Waals surface area contributed by atoms with Crippen molar-refractivity contribution in [3.8, 4) is 5.75 Å². The number of fused-ring (bicyclic) bond motifs is 1. The zero-order valence-corrected chi connectivity index (χ0v) is 13.2. The summed E-state index contributed by atoms with van der Waals surface area (Å²) in [6, 6.07) is 7.50. The molecule has 22 heavy (non-hydrogen) atoms. The second kappa shape index (κ2) is 6.10. The van der Waals surface area contributed by atoms with E-state index in [0.717, 1.165) is 17.5 Å². The lowest BCUT2D eigenvalue weighted by Gasteiger charge is -2.36. The summed E-state index contributed by atoms with van der Waals surface area (Å²) in [4.78, 5) is 14.2. The van der Waals surface area contributed by atoms with Crippen molar-refractivity contribution in [1.29, 1.82) is 0 Å². The number of hydrogen-bond acceptors (Lipinski definition) is 5. The number of ether oxygens (including phenoxy) is 2. The highest BCUT2D eigenvalue weighted by Gasteiger charge is 2.24. The number of benzene rings is 1. The van der Waals surface area contributed by atoms with E-state index in [1.54, 1.807) is 19.2 Å². The maximum Gasteiger partial charge on any atom is 0.336 e. The molecule has 5 nitrogen and oxygen atoms in total. The Morgan fingerprint density at radius 1 is 1.32 bits per heavy atom. The van der Waals surface area contributed by atoms with Gasteiger partial charge in [-0.3, -0.25) is 4.90 Å². The van der Waals surface area contributed by atoms with Crippen LogP contribution in [0.4, 0.5) is 0 Å². The lowest BCUT2D eigenvalue weighted by molar-refractivity contribution is -0.0525. The normalized spacial score (nSPS) is 22.9. The van der Waals surface area contributed by atoms with E-state index < -0.39 is 0 Å². The Morgan fingerprint density at radius 2 is 2.14 bits per heavy atom. The van der Waals surface area contributed by atoms with Crippen LogP contribution in [0.5, 0.6) is 5.75 Å². The number of hydrogen-bond donors (Lipinski definition) is 0. The Morgan fingerprint density at radius 3 is 2.91 bits per heavy atom. The maximum absolute atomic E-state index is 11.8. The molecule has 1 aromatic carbocycles. The van der Waals surface area contributed by atoms with Crippen molar-refractivity contribution < 1.29 is 13.9 Å². The average molecular weight is 303 g/mol. The summed E-state index contributed by atoms with van der Waals surface area (Å²) in [6.45, 7) is 6.50. The van der Waals surface area contributed by atoms with Gasteiger partial charge in [0.1, 0.15) is 11.3 Å². The van der Waals surface area contributed by atoms with Gasteiger partial charge in [-0.05, 0) is 31.5 Å². The molecule has 0 amide bonds. The minimum absolute atomic E-state index is 0.211. The molecule has 0 N–H and O–H groups in total. The van der Waals surface area contributed by atoms with Gasteiger partial charge in [0.15, 0.2) is 0 Å². The monoisotopic (exact) mass is 303 g/mol. The first-order valence-electron chi connectivity index (χ1n) is 7.53. The molecule has 0 bridgehead atoms. The summed E-state index contributed by atoms with van der Waals surface area (Å²) in [5.74, 6) is 0.682. The van der Waals surface area contributed by atoms with Crippen molar-refractivity contribution in [2.24, 2.45) is 0 Å². The minimum atomic E-state index is -0.329. The van der Waals surface area contributed by atoms with Crippen LogP contribution in [0, 0.1) is 0 Å². The smallest absolute Gasteiger partial charge is 0.336 e. The van der Waals surface area contributed by atoms with Gasteiger partial charge in [-0.2, -0.15) is 0 Å². The van der Waals surface area contributed by atoms with Gasteiger partial charge in [-0.1, -0.05) is 0 Å². The summed E-state index contributed by atoms with van der Waals surface area (Å²) in [5, 5.41) is 0.951. The summed E-state index contributed by atoms with van der Waals surface area (Å²) in [5.41, 5.74) is 1.22. The quantitative estimate of drug-likeness (QED) is 0.815. The van der Waals surface area contributed by atoms with Crippen LogP contribution in [0.2, 0.25) is 0 Å². The van der Waals surface area contributed by atoms with Crippen LogP contribution in [0.15, 0.2) is 33.5 Å². The summed E-state index contributed by atoms with van der Waals surface area (Å²) in [7, 11) is 1.60. The van der Waals surface area contributed by atoms with Gasteiger partial charge in [0, 0.05) is 36.7 Å². The van der Waals surface area contributed by atoms with Crippen LogP contribution < -0.4 is 10.4 Å². The Labute approximate surface area is 129 Å². The standard InChI is InChI=1S/C17H21NO4/c1-11-10-21-12(2)8-18(11)9-13-6-17(19)22-16-7-14(20-3)4-5-15(13)16/h4-7,11-12H,8-10H2,1-3H3/t11-,12+/m0/s1. The maximum atomic E-state index is 11.8. The number of rotatable bonds is 3. The fourth-order valence-electron chi connectivity index (χ4n) is 2.88. The molecule has 1 fully saturated rings. The fraction of sp³-hybridized carbons (Fsp3) is 0.471. The molecule has 1 aromatic heterocycles. The lowest BCUT2D eigenvalue weighted by Crippen LogP contribution is -2.46. The molecule has 0 unspecified atom stereocenters. The highest BCUT2D eigenvalue weighted by molar-refractivity contribution is 5.81. The molecule has 0 saturated carbocycles. The van der Waals surface area contributed by atoms with Crippen LogP contribution in [0.1, 0.15) is 19.4 Å². The second-order valence-electron chi connectivity index (χ2n) is 5.88. The molecular weight excluding hydrogens is 282 g/mol. The molecule has 2 heterocycles. The van der Waals surface area contributed by atoms with Gasteiger partial charge in [-0.25, -0.2) is 4.79 Å². The summed E-state index contributed by atoms with van der Waals surface area (Å²) in [6.07, 6.45) is 0.211. The first-order valence-corrected chi connectivity index (χ1v) is 7.53. The molecule has 2 atom stereocenters. The van der Waals surface area contributed by atoms with Crippen molar-refractivity contribution in [3.63, 3.8) is 0 Å². The van der Waals surface area contributed by atoms with Gasteiger partial charge in [0.2, 0.25) is 0 Å². The molecule has 5 heteroatoms. The molecule has 0 aliphatic carbocycles. The molecule has 0 spiro atoms. The van der Waals surface area contributed by atoms with Gasteiger partial charge >= 0.3 is 5.63 Å². The van der Waals surface area contributed by atoms with E-state index in [-0.39, 0.29) is 11.7 Å². The minimum Gasteiger partial charge on any atom is -0.497 e. The van der Waals surface area contributed by atoms with Crippen molar-refractivity contribution in [2.45, 2.75) is 32.5 Å². The third-order valence-corrected chi connectivity index (χ3v) is 4.15.